The summed E-state index contributed by atoms with van der Waals surface area (Å²) in [4.78, 5) is 21.4. The molecule has 4 nitrogen and oxygen atoms in total. The van der Waals surface area contributed by atoms with Crippen molar-refractivity contribution >= 4 is 11.9 Å². The second-order valence-electron chi connectivity index (χ2n) is 5.41. The molecule has 4 heteroatoms. The molecular formula is C19H18O4. The van der Waals surface area contributed by atoms with Crippen molar-refractivity contribution in [2.24, 2.45) is 0 Å². The van der Waals surface area contributed by atoms with Gasteiger partial charge in [-0.25, -0.2) is 9.59 Å². The third kappa shape index (κ3) is 4.81. The van der Waals surface area contributed by atoms with Crippen LogP contribution >= 0.6 is 0 Å². The molecule has 0 aliphatic carbocycles. The fourth-order valence-corrected chi connectivity index (χ4v) is 2.29. The summed E-state index contributed by atoms with van der Waals surface area (Å²) in [6.45, 7) is 1.81. The molecule has 0 radical (unpaired) electrons. The SMILES string of the molecule is C/C(=C\C(=O)O)CCc1ccc(-c2ccc(C(=O)O)cc2)cc1. The largest absolute Gasteiger partial charge is 0.478 e. The lowest BCUT2D eigenvalue weighted by Gasteiger charge is -2.05. The lowest BCUT2D eigenvalue weighted by molar-refractivity contribution is -0.131. The topological polar surface area (TPSA) is 74.6 Å². The number of aliphatic carboxylic acids is 1. The van der Waals surface area contributed by atoms with Crippen molar-refractivity contribution in [3.05, 3.63) is 71.3 Å². The summed E-state index contributed by atoms with van der Waals surface area (Å²) < 4.78 is 0. The zero-order valence-electron chi connectivity index (χ0n) is 12.8. The fourth-order valence-electron chi connectivity index (χ4n) is 2.29. The third-order valence-electron chi connectivity index (χ3n) is 3.60. The average molecular weight is 310 g/mol. The van der Waals surface area contributed by atoms with Crippen LogP contribution in [0.3, 0.4) is 0 Å². The van der Waals surface area contributed by atoms with E-state index in [1.165, 1.54) is 6.08 Å². The van der Waals surface area contributed by atoms with Gasteiger partial charge in [0.15, 0.2) is 0 Å². The predicted octanol–water partition coefficient (Wildman–Crippen LogP) is 4.02. The number of allylic oxidation sites excluding steroid dienone is 1. The average Bonchev–Trinajstić information content (AvgIpc) is 2.53. The van der Waals surface area contributed by atoms with Crippen LogP contribution in [0.4, 0.5) is 0 Å². The van der Waals surface area contributed by atoms with Gasteiger partial charge in [0.25, 0.3) is 0 Å². The summed E-state index contributed by atoms with van der Waals surface area (Å²) >= 11 is 0. The minimum Gasteiger partial charge on any atom is -0.478 e. The molecule has 2 N–H and O–H groups in total. The van der Waals surface area contributed by atoms with E-state index in [-0.39, 0.29) is 5.56 Å². The molecule has 0 aliphatic rings. The first-order valence-electron chi connectivity index (χ1n) is 7.28. The van der Waals surface area contributed by atoms with Crippen molar-refractivity contribution in [2.75, 3.05) is 0 Å². The van der Waals surface area contributed by atoms with E-state index in [0.717, 1.165) is 28.7 Å². The molecular weight excluding hydrogens is 292 g/mol. The summed E-state index contributed by atoms with van der Waals surface area (Å²) in [5.41, 5.74) is 4.22. The minimum absolute atomic E-state index is 0.270. The first-order valence-corrected chi connectivity index (χ1v) is 7.28. The van der Waals surface area contributed by atoms with E-state index in [9.17, 15) is 9.59 Å². The Morgan fingerprint density at radius 1 is 0.913 bits per heavy atom. The van der Waals surface area contributed by atoms with Gasteiger partial charge in [0.1, 0.15) is 0 Å². The summed E-state index contributed by atoms with van der Waals surface area (Å²) in [6.07, 6.45) is 2.73. The Morgan fingerprint density at radius 2 is 1.43 bits per heavy atom. The molecule has 0 aliphatic heterocycles. The van der Waals surface area contributed by atoms with Crippen molar-refractivity contribution in [3.63, 3.8) is 0 Å². The van der Waals surface area contributed by atoms with Crippen molar-refractivity contribution in [2.45, 2.75) is 19.8 Å². The summed E-state index contributed by atoms with van der Waals surface area (Å²) in [6, 6.07) is 14.7. The number of aryl methyl sites for hydroxylation is 1. The molecule has 23 heavy (non-hydrogen) atoms. The van der Waals surface area contributed by atoms with E-state index < -0.39 is 11.9 Å². The van der Waals surface area contributed by atoms with E-state index in [4.69, 9.17) is 10.2 Å². The molecule has 0 saturated carbocycles. The molecule has 0 aromatic heterocycles. The Morgan fingerprint density at radius 3 is 1.91 bits per heavy atom. The number of carboxylic acid groups (broad SMARTS) is 2. The molecule has 2 aromatic rings. The molecule has 0 atom stereocenters. The zero-order chi connectivity index (χ0) is 16.8. The number of benzene rings is 2. The van der Waals surface area contributed by atoms with E-state index in [0.29, 0.717) is 6.42 Å². The van der Waals surface area contributed by atoms with Gasteiger partial charge in [-0.2, -0.15) is 0 Å². The molecule has 0 saturated heterocycles. The summed E-state index contributed by atoms with van der Waals surface area (Å²) in [7, 11) is 0. The molecule has 0 heterocycles. The third-order valence-corrected chi connectivity index (χ3v) is 3.60. The molecule has 118 valence electrons. The Labute approximate surface area is 134 Å². The Kier molecular flexibility index (Phi) is 5.31. The van der Waals surface area contributed by atoms with Crippen LogP contribution in [0, 0.1) is 0 Å². The maximum atomic E-state index is 10.8. The second-order valence-corrected chi connectivity index (χ2v) is 5.41. The highest BCUT2D eigenvalue weighted by Gasteiger charge is 2.03. The van der Waals surface area contributed by atoms with Crippen LogP contribution < -0.4 is 0 Å². The Bertz CT molecular complexity index is 725. The van der Waals surface area contributed by atoms with E-state index in [1.54, 1.807) is 24.3 Å². The van der Waals surface area contributed by atoms with Gasteiger partial charge < -0.3 is 10.2 Å². The zero-order valence-corrected chi connectivity index (χ0v) is 12.8. The molecule has 0 unspecified atom stereocenters. The summed E-state index contributed by atoms with van der Waals surface area (Å²) in [5, 5.41) is 17.6. The van der Waals surface area contributed by atoms with Crippen LogP contribution in [0.2, 0.25) is 0 Å². The van der Waals surface area contributed by atoms with Gasteiger partial charge in [-0.05, 0) is 48.6 Å². The van der Waals surface area contributed by atoms with Crippen LogP contribution in [-0.2, 0) is 11.2 Å². The van der Waals surface area contributed by atoms with Crippen LogP contribution in [-0.4, -0.2) is 22.2 Å². The van der Waals surface area contributed by atoms with E-state index in [2.05, 4.69) is 0 Å². The minimum atomic E-state index is -0.934. The molecule has 0 bridgehead atoms. The van der Waals surface area contributed by atoms with Crippen LogP contribution in [0.25, 0.3) is 11.1 Å². The van der Waals surface area contributed by atoms with Gasteiger partial charge in [-0.1, -0.05) is 42.0 Å². The van der Waals surface area contributed by atoms with Crippen LogP contribution in [0.1, 0.15) is 29.3 Å². The van der Waals surface area contributed by atoms with Gasteiger partial charge in [0, 0.05) is 6.08 Å². The van der Waals surface area contributed by atoms with Gasteiger partial charge in [-0.3, -0.25) is 0 Å². The first kappa shape index (κ1) is 16.5. The molecule has 0 amide bonds. The van der Waals surface area contributed by atoms with Crippen molar-refractivity contribution in [3.8, 4) is 11.1 Å². The number of carboxylic acids is 2. The summed E-state index contributed by atoms with van der Waals surface area (Å²) in [5.74, 6) is -1.85. The van der Waals surface area contributed by atoms with Crippen LogP contribution in [0.15, 0.2) is 60.2 Å². The lowest BCUT2D eigenvalue weighted by Crippen LogP contribution is -1.95. The van der Waals surface area contributed by atoms with Gasteiger partial charge >= 0.3 is 11.9 Å². The lowest BCUT2D eigenvalue weighted by atomic mass is 10.00. The monoisotopic (exact) mass is 310 g/mol. The highest BCUT2D eigenvalue weighted by Crippen LogP contribution is 2.21. The molecule has 2 rings (SSSR count). The molecule has 0 spiro atoms. The normalized spacial score (nSPS) is 11.3. The number of hydrogen-bond acceptors (Lipinski definition) is 2. The quantitative estimate of drug-likeness (QED) is 0.790. The second kappa shape index (κ2) is 7.40. The predicted molar refractivity (Wildman–Crippen MR) is 88.6 cm³/mol. The number of carbonyl (C=O) groups is 2. The molecule has 2 aromatic carbocycles. The maximum Gasteiger partial charge on any atom is 0.335 e. The fraction of sp³-hybridized carbons (Fsp3) is 0.158. The highest BCUT2D eigenvalue weighted by molar-refractivity contribution is 5.88. The Balaban J connectivity index is 2.04. The van der Waals surface area contributed by atoms with Gasteiger partial charge in [0.2, 0.25) is 0 Å². The number of rotatable bonds is 6. The van der Waals surface area contributed by atoms with E-state index in [1.807, 2.05) is 31.2 Å². The number of hydrogen-bond donors (Lipinski definition) is 2. The standard InChI is InChI=1S/C19H18O4/c1-13(12-18(20)21)2-3-14-4-6-15(7-5-14)16-8-10-17(11-9-16)19(22)23/h4-12H,2-3H2,1H3,(H,20,21)(H,22,23)/b13-12+. The highest BCUT2D eigenvalue weighted by atomic mass is 16.4. The van der Waals surface area contributed by atoms with Crippen molar-refractivity contribution in [1.29, 1.82) is 0 Å². The Hall–Kier alpha value is -2.88. The maximum absolute atomic E-state index is 10.8. The van der Waals surface area contributed by atoms with Gasteiger partial charge in [0.05, 0.1) is 5.56 Å². The van der Waals surface area contributed by atoms with Gasteiger partial charge in [-0.15, -0.1) is 0 Å². The van der Waals surface area contributed by atoms with E-state index >= 15 is 0 Å². The number of aromatic carboxylic acids is 1. The molecule has 0 fully saturated rings. The first-order chi connectivity index (χ1) is 11.0. The van der Waals surface area contributed by atoms with Crippen molar-refractivity contribution in [1.82, 2.24) is 0 Å². The smallest absolute Gasteiger partial charge is 0.335 e. The van der Waals surface area contributed by atoms with Crippen molar-refractivity contribution < 1.29 is 19.8 Å². The van der Waals surface area contributed by atoms with Crippen LogP contribution in [0.5, 0.6) is 0 Å².